The molecule has 0 aromatic carbocycles. The zero-order chi connectivity index (χ0) is 12.4. The molecule has 0 aromatic rings. The first-order valence-corrected chi connectivity index (χ1v) is 7.05. The molecule has 2 rings (SSSR count). The number of hydrogen-bond acceptors (Lipinski definition) is 2. The summed E-state index contributed by atoms with van der Waals surface area (Å²) < 4.78 is 0. The van der Waals surface area contributed by atoms with Crippen molar-refractivity contribution >= 4 is 5.97 Å². The highest BCUT2D eigenvalue weighted by molar-refractivity contribution is 5.66. The molecule has 0 aliphatic heterocycles. The van der Waals surface area contributed by atoms with Crippen molar-refractivity contribution in [1.29, 1.82) is 0 Å². The van der Waals surface area contributed by atoms with Gasteiger partial charge in [-0.1, -0.05) is 20.3 Å². The van der Waals surface area contributed by atoms with Crippen molar-refractivity contribution in [2.45, 2.75) is 64.5 Å². The Hall–Kier alpha value is -0.570. The Morgan fingerprint density at radius 1 is 1.24 bits per heavy atom. The Morgan fingerprint density at radius 3 is 2.53 bits per heavy atom. The standard InChI is InChI=1S/C14H25NO2/c1-10-3-4-11(2)13(9-10)15(12-5-6-12)8-7-14(16)17/h10-13H,3-9H2,1-2H3,(H,16,17). The van der Waals surface area contributed by atoms with Crippen LogP contribution in [0.15, 0.2) is 0 Å². The molecule has 1 N–H and O–H groups in total. The third-order valence-electron chi connectivity index (χ3n) is 4.44. The van der Waals surface area contributed by atoms with Crippen molar-refractivity contribution in [1.82, 2.24) is 4.90 Å². The molecule has 2 aliphatic carbocycles. The van der Waals surface area contributed by atoms with Gasteiger partial charge in [0.05, 0.1) is 6.42 Å². The normalized spacial score (nSPS) is 33.9. The molecule has 3 unspecified atom stereocenters. The number of hydrogen-bond donors (Lipinski definition) is 1. The summed E-state index contributed by atoms with van der Waals surface area (Å²) in [6.07, 6.45) is 6.76. The molecule has 17 heavy (non-hydrogen) atoms. The zero-order valence-electron chi connectivity index (χ0n) is 11.1. The molecule has 2 saturated carbocycles. The van der Waals surface area contributed by atoms with E-state index in [4.69, 9.17) is 5.11 Å². The van der Waals surface area contributed by atoms with Crippen molar-refractivity contribution in [2.24, 2.45) is 11.8 Å². The summed E-state index contributed by atoms with van der Waals surface area (Å²) in [6, 6.07) is 1.32. The summed E-state index contributed by atoms with van der Waals surface area (Å²) in [5.41, 5.74) is 0. The summed E-state index contributed by atoms with van der Waals surface area (Å²) in [4.78, 5) is 13.3. The Morgan fingerprint density at radius 2 is 1.94 bits per heavy atom. The highest BCUT2D eigenvalue weighted by atomic mass is 16.4. The molecule has 0 bridgehead atoms. The summed E-state index contributed by atoms with van der Waals surface area (Å²) in [6.45, 7) is 5.43. The minimum atomic E-state index is -0.660. The van der Waals surface area contributed by atoms with E-state index in [2.05, 4.69) is 18.7 Å². The van der Waals surface area contributed by atoms with Gasteiger partial charge < -0.3 is 5.11 Å². The Labute approximate surface area is 104 Å². The van der Waals surface area contributed by atoms with E-state index < -0.39 is 5.97 Å². The molecule has 2 fully saturated rings. The molecule has 98 valence electrons. The molecule has 0 radical (unpaired) electrons. The van der Waals surface area contributed by atoms with Crippen LogP contribution in [-0.4, -0.2) is 34.6 Å². The van der Waals surface area contributed by atoms with E-state index in [1.807, 2.05) is 0 Å². The predicted octanol–water partition coefficient (Wildman–Crippen LogP) is 2.75. The van der Waals surface area contributed by atoms with E-state index >= 15 is 0 Å². The number of carboxylic acids is 1. The van der Waals surface area contributed by atoms with Crippen LogP contribution in [0.25, 0.3) is 0 Å². The van der Waals surface area contributed by atoms with Crippen molar-refractivity contribution in [3.05, 3.63) is 0 Å². The van der Waals surface area contributed by atoms with E-state index in [-0.39, 0.29) is 0 Å². The van der Waals surface area contributed by atoms with E-state index in [0.717, 1.165) is 18.4 Å². The van der Waals surface area contributed by atoms with Gasteiger partial charge in [-0.15, -0.1) is 0 Å². The van der Waals surface area contributed by atoms with Gasteiger partial charge in [0, 0.05) is 18.6 Å². The van der Waals surface area contributed by atoms with Crippen molar-refractivity contribution in [3.8, 4) is 0 Å². The SMILES string of the molecule is CC1CCC(C)C(N(CCC(=O)O)C2CC2)C1. The van der Waals surface area contributed by atoms with Crippen molar-refractivity contribution in [3.63, 3.8) is 0 Å². The van der Waals surface area contributed by atoms with Gasteiger partial charge in [-0.2, -0.15) is 0 Å². The lowest BCUT2D eigenvalue weighted by atomic mass is 9.79. The molecule has 3 nitrogen and oxygen atoms in total. The van der Waals surface area contributed by atoms with Crippen LogP contribution in [0.1, 0.15) is 52.4 Å². The van der Waals surface area contributed by atoms with Gasteiger partial charge in [-0.3, -0.25) is 9.69 Å². The molecule has 0 heterocycles. The fraction of sp³-hybridized carbons (Fsp3) is 0.929. The molecule has 0 amide bonds. The van der Waals surface area contributed by atoms with E-state index in [1.54, 1.807) is 0 Å². The fourth-order valence-corrected chi connectivity index (χ4v) is 3.21. The molecular weight excluding hydrogens is 214 g/mol. The average molecular weight is 239 g/mol. The molecule has 0 spiro atoms. The van der Waals surface area contributed by atoms with E-state index in [9.17, 15) is 4.79 Å². The quantitative estimate of drug-likeness (QED) is 0.802. The van der Waals surface area contributed by atoms with Crippen LogP contribution >= 0.6 is 0 Å². The minimum absolute atomic E-state index is 0.300. The fourth-order valence-electron chi connectivity index (χ4n) is 3.21. The largest absolute Gasteiger partial charge is 0.481 e. The highest BCUT2D eigenvalue weighted by Gasteiger charge is 2.38. The van der Waals surface area contributed by atoms with Gasteiger partial charge in [0.2, 0.25) is 0 Å². The first-order valence-electron chi connectivity index (χ1n) is 7.05. The van der Waals surface area contributed by atoms with Gasteiger partial charge in [-0.05, 0) is 37.5 Å². The van der Waals surface area contributed by atoms with Crippen LogP contribution in [-0.2, 0) is 4.79 Å². The second-order valence-electron chi connectivity index (χ2n) is 6.08. The molecule has 3 heteroatoms. The maximum Gasteiger partial charge on any atom is 0.304 e. The molecule has 3 atom stereocenters. The van der Waals surface area contributed by atoms with Crippen LogP contribution in [0.2, 0.25) is 0 Å². The topological polar surface area (TPSA) is 40.5 Å². The van der Waals surface area contributed by atoms with Crippen molar-refractivity contribution < 1.29 is 9.90 Å². The zero-order valence-corrected chi connectivity index (χ0v) is 11.1. The van der Waals surface area contributed by atoms with Gasteiger partial charge in [0.25, 0.3) is 0 Å². The Kier molecular flexibility index (Phi) is 4.08. The molecule has 0 aromatic heterocycles. The number of nitrogens with zero attached hydrogens (tertiary/aromatic N) is 1. The maximum atomic E-state index is 10.7. The second-order valence-corrected chi connectivity index (χ2v) is 6.08. The first-order chi connectivity index (χ1) is 8.08. The van der Waals surface area contributed by atoms with Crippen LogP contribution in [0, 0.1) is 11.8 Å². The predicted molar refractivity (Wildman–Crippen MR) is 67.9 cm³/mol. The van der Waals surface area contributed by atoms with Crippen LogP contribution in [0.4, 0.5) is 0 Å². The summed E-state index contributed by atoms with van der Waals surface area (Å²) in [5, 5.41) is 8.85. The monoisotopic (exact) mass is 239 g/mol. The smallest absolute Gasteiger partial charge is 0.304 e. The second kappa shape index (κ2) is 5.38. The van der Waals surface area contributed by atoms with Crippen LogP contribution < -0.4 is 0 Å². The number of rotatable bonds is 5. The van der Waals surface area contributed by atoms with Crippen LogP contribution in [0.5, 0.6) is 0 Å². The maximum absolute atomic E-state index is 10.7. The van der Waals surface area contributed by atoms with Crippen LogP contribution in [0.3, 0.4) is 0 Å². The van der Waals surface area contributed by atoms with E-state index in [0.29, 0.717) is 18.5 Å². The number of carbonyl (C=O) groups is 1. The van der Waals surface area contributed by atoms with Gasteiger partial charge >= 0.3 is 5.97 Å². The van der Waals surface area contributed by atoms with Crippen molar-refractivity contribution in [2.75, 3.05) is 6.54 Å². The molecule has 2 aliphatic rings. The lowest BCUT2D eigenvalue weighted by Crippen LogP contribution is -2.45. The third kappa shape index (κ3) is 3.44. The minimum Gasteiger partial charge on any atom is -0.481 e. The Balaban J connectivity index is 1.95. The van der Waals surface area contributed by atoms with E-state index in [1.165, 1.54) is 32.1 Å². The Bertz CT molecular complexity index is 275. The number of carboxylic acid groups (broad SMARTS) is 1. The highest BCUT2D eigenvalue weighted by Crippen LogP contribution is 2.37. The number of aliphatic carboxylic acids is 1. The average Bonchev–Trinajstić information content (AvgIpc) is 3.07. The molecular formula is C14H25NO2. The first kappa shape index (κ1) is 12.9. The lowest BCUT2D eigenvalue weighted by molar-refractivity contribution is -0.137. The summed E-state index contributed by atoms with van der Waals surface area (Å²) in [7, 11) is 0. The molecule has 0 saturated heterocycles. The van der Waals surface area contributed by atoms with Gasteiger partial charge in [0.1, 0.15) is 0 Å². The lowest BCUT2D eigenvalue weighted by Gasteiger charge is -2.41. The third-order valence-corrected chi connectivity index (χ3v) is 4.44. The summed E-state index contributed by atoms with van der Waals surface area (Å²) >= 11 is 0. The van der Waals surface area contributed by atoms with Gasteiger partial charge in [-0.25, -0.2) is 0 Å². The van der Waals surface area contributed by atoms with Gasteiger partial charge in [0.15, 0.2) is 0 Å². The summed E-state index contributed by atoms with van der Waals surface area (Å²) in [5.74, 6) is 0.884.